The molecule has 0 aliphatic carbocycles. The molecule has 0 heterocycles. The molecule has 108 valence electrons. The predicted octanol–water partition coefficient (Wildman–Crippen LogP) is 2.40. The van der Waals surface area contributed by atoms with Crippen molar-refractivity contribution >= 4 is 5.69 Å². The van der Waals surface area contributed by atoms with Crippen molar-refractivity contribution in [1.29, 1.82) is 0 Å². The molecule has 1 atom stereocenters. The topological polar surface area (TPSA) is 35.5 Å². The summed E-state index contributed by atoms with van der Waals surface area (Å²) in [4.78, 5) is 2.03. The second kappa shape index (κ2) is 7.46. The van der Waals surface area contributed by atoms with Crippen molar-refractivity contribution in [2.24, 2.45) is 0 Å². The fourth-order valence-electron chi connectivity index (χ4n) is 2.10. The summed E-state index contributed by atoms with van der Waals surface area (Å²) in [7, 11) is 1.85. The Bertz CT molecular complexity index is 380. The van der Waals surface area contributed by atoms with Crippen LogP contribution < -0.4 is 10.2 Å². The lowest BCUT2D eigenvalue weighted by Crippen LogP contribution is -2.44. The van der Waals surface area contributed by atoms with E-state index in [9.17, 15) is 9.50 Å². The van der Waals surface area contributed by atoms with Crippen molar-refractivity contribution in [3.63, 3.8) is 0 Å². The summed E-state index contributed by atoms with van der Waals surface area (Å²) >= 11 is 0. The van der Waals surface area contributed by atoms with E-state index in [1.807, 2.05) is 37.9 Å². The van der Waals surface area contributed by atoms with E-state index in [0.29, 0.717) is 5.69 Å². The van der Waals surface area contributed by atoms with E-state index in [1.54, 1.807) is 6.07 Å². The molecule has 1 aromatic rings. The molecule has 1 aromatic carbocycles. The van der Waals surface area contributed by atoms with Crippen LogP contribution in [0.1, 0.15) is 26.7 Å². The van der Waals surface area contributed by atoms with Crippen LogP contribution >= 0.6 is 0 Å². The normalized spacial score (nSPS) is 14.2. The van der Waals surface area contributed by atoms with Crippen LogP contribution in [-0.2, 0) is 0 Å². The number of nitrogens with one attached hydrogen (secondary N) is 1. The Kier molecular flexibility index (Phi) is 6.25. The summed E-state index contributed by atoms with van der Waals surface area (Å²) in [5.41, 5.74) is 0.398. The maximum Gasteiger partial charge on any atom is 0.146 e. The van der Waals surface area contributed by atoms with E-state index in [4.69, 9.17) is 0 Å². The number of para-hydroxylation sites is 1. The van der Waals surface area contributed by atoms with Gasteiger partial charge in [0.15, 0.2) is 0 Å². The molecule has 0 spiro atoms. The second-order valence-electron chi connectivity index (χ2n) is 5.10. The van der Waals surface area contributed by atoms with E-state index < -0.39 is 0 Å². The maximum atomic E-state index is 13.7. The van der Waals surface area contributed by atoms with Crippen LogP contribution in [0.5, 0.6) is 0 Å². The first kappa shape index (κ1) is 15.9. The minimum absolute atomic E-state index is 0.106. The van der Waals surface area contributed by atoms with Crippen molar-refractivity contribution < 1.29 is 9.50 Å². The van der Waals surface area contributed by atoms with Crippen molar-refractivity contribution in [3.8, 4) is 0 Å². The fourth-order valence-corrected chi connectivity index (χ4v) is 2.10. The number of likely N-dealkylation sites (N-methyl/N-ethyl adjacent to an activating group) is 1. The molecular weight excluding hydrogens is 243 g/mol. The number of aliphatic hydroxyl groups is 1. The molecule has 1 unspecified atom stereocenters. The third-order valence-electron chi connectivity index (χ3n) is 3.68. The molecule has 4 heteroatoms. The number of rotatable bonds is 8. The number of benzene rings is 1. The number of aliphatic hydroxyl groups excluding tert-OH is 1. The van der Waals surface area contributed by atoms with Gasteiger partial charge in [-0.1, -0.05) is 12.1 Å². The zero-order valence-electron chi connectivity index (χ0n) is 12.1. The Morgan fingerprint density at radius 1 is 1.37 bits per heavy atom. The van der Waals surface area contributed by atoms with Gasteiger partial charge in [0.25, 0.3) is 0 Å². The Hall–Kier alpha value is -1.13. The Morgan fingerprint density at radius 2 is 2.05 bits per heavy atom. The molecule has 19 heavy (non-hydrogen) atoms. The van der Waals surface area contributed by atoms with Crippen molar-refractivity contribution in [2.45, 2.75) is 32.2 Å². The van der Waals surface area contributed by atoms with Gasteiger partial charge in [-0.3, -0.25) is 0 Å². The molecule has 0 saturated heterocycles. The van der Waals surface area contributed by atoms with Crippen LogP contribution in [0.2, 0.25) is 0 Å². The van der Waals surface area contributed by atoms with Crippen molar-refractivity contribution in [2.75, 3.05) is 31.6 Å². The van der Waals surface area contributed by atoms with E-state index in [2.05, 4.69) is 5.32 Å². The maximum absolute atomic E-state index is 13.7. The first-order chi connectivity index (χ1) is 9.06. The third kappa shape index (κ3) is 4.48. The molecule has 0 aliphatic rings. The molecule has 0 saturated carbocycles. The molecule has 2 N–H and O–H groups in total. The summed E-state index contributed by atoms with van der Waals surface area (Å²) in [5.74, 6) is -0.178. The first-order valence-electron chi connectivity index (χ1n) is 6.85. The van der Waals surface area contributed by atoms with Crippen LogP contribution in [0, 0.1) is 5.82 Å². The molecular formula is C15H25FN2O. The smallest absolute Gasteiger partial charge is 0.146 e. The highest BCUT2D eigenvalue weighted by molar-refractivity contribution is 5.47. The highest BCUT2D eigenvalue weighted by Gasteiger charge is 2.20. The third-order valence-corrected chi connectivity index (χ3v) is 3.68. The summed E-state index contributed by atoms with van der Waals surface area (Å²) < 4.78 is 13.7. The molecule has 0 aliphatic heterocycles. The minimum Gasteiger partial charge on any atom is -0.394 e. The Balaban J connectivity index is 2.57. The monoisotopic (exact) mass is 268 g/mol. The molecule has 0 radical (unpaired) electrons. The largest absolute Gasteiger partial charge is 0.394 e. The van der Waals surface area contributed by atoms with Gasteiger partial charge in [-0.05, 0) is 45.9 Å². The Labute approximate surface area is 115 Å². The second-order valence-corrected chi connectivity index (χ2v) is 5.10. The number of nitrogens with zero attached hydrogens (tertiary/aromatic N) is 1. The van der Waals surface area contributed by atoms with Gasteiger partial charge in [-0.15, -0.1) is 0 Å². The highest BCUT2D eigenvalue weighted by atomic mass is 19.1. The number of anilines is 1. The summed E-state index contributed by atoms with van der Waals surface area (Å²) in [6.07, 6.45) is 1.75. The van der Waals surface area contributed by atoms with Crippen molar-refractivity contribution in [1.82, 2.24) is 5.32 Å². The lowest BCUT2D eigenvalue weighted by Gasteiger charge is -2.29. The van der Waals surface area contributed by atoms with E-state index >= 15 is 0 Å². The number of halogens is 1. The SMILES string of the molecule is CCN(CCCC(C)(CO)NC)c1ccccc1F. The van der Waals surface area contributed by atoms with E-state index in [0.717, 1.165) is 25.9 Å². The number of hydrogen-bond donors (Lipinski definition) is 2. The van der Waals surface area contributed by atoms with Crippen LogP contribution in [-0.4, -0.2) is 37.4 Å². The lowest BCUT2D eigenvalue weighted by atomic mass is 9.97. The van der Waals surface area contributed by atoms with Gasteiger partial charge in [-0.25, -0.2) is 4.39 Å². The van der Waals surface area contributed by atoms with Gasteiger partial charge < -0.3 is 15.3 Å². The number of hydrogen-bond acceptors (Lipinski definition) is 3. The first-order valence-corrected chi connectivity index (χ1v) is 6.85. The zero-order chi connectivity index (χ0) is 14.3. The van der Waals surface area contributed by atoms with Gasteiger partial charge in [-0.2, -0.15) is 0 Å². The zero-order valence-corrected chi connectivity index (χ0v) is 12.1. The van der Waals surface area contributed by atoms with E-state index in [1.165, 1.54) is 6.07 Å². The van der Waals surface area contributed by atoms with Gasteiger partial charge in [0.2, 0.25) is 0 Å². The molecule has 0 bridgehead atoms. The summed E-state index contributed by atoms with van der Waals surface area (Å²) in [5, 5.41) is 12.5. The van der Waals surface area contributed by atoms with Gasteiger partial charge >= 0.3 is 0 Å². The lowest BCUT2D eigenvalue weighted by molar-refractivity contribution is 0.172. The predicted molar refractivity (Wildman–Crippen MR) is 78.1 cm³/mol. The summed E-state index contributed by atoms with van der Waals surface area (Å²) in [6, 6.07) is 6.86. The van der Waals surface area contributed by atoms with Gasteiger partial charge in [0, 0.05) is 18.6 Å². The molecule has 0 fully saturated rings. The molecule has 1 rings (SSSR count). The van der Waals surface area contributed by atoms with Crippen LogP contribution in [0.4, 0.5) is 10.1 Å². The summed E-state index contributed by atoms with van der Waals surface area (Å²) in [6.45, 7) is 5.68. The molecule has 3 nitrogen and oxygen atoms in total. The van der Waals surface area contributed by atoms with Crippen LogP contribution in [0.15, 0.2) is 24.3 Å². The van der Waals surface area contributed by atoms with Gasteiger partial charge in [0.1, 0.15) is 5.82 Å². The van der Waals surface area contributed by atoms with Gasteiger partial charge in [0.05, 0.1) is 12.3 Å². The average Bonchev–Trinajstić information content (AvgIpc) is 2.44. The average molecular weight is 268 g/mol. The standard InChI is InChI=1S/C15H25FN2O/c1-4-18(14-9-6-5-8-13(14)16)11-7-10-15(2,12-19)17-3/h5-6,8-9,17,19H,4,7,10-12H2,1-3H3. The quantitative estimate of drug-likeness (QED) is 0.760. The van der Waals surface area contributed by atoms with Crippen LogP contribution in [0.3, 0.4) is 0 Å². The molecule has 0 aromatic heterocycles. The van der Waals surface area contributed by atoms with Crippen LogP contribution in [0.25, 0.3) is 0 Å². The minimum atomic E-state index is -0.255. The highest BCUT2D eigenvalue weighted by Crippen LogP contribution is 2.20. The van der Waals surface area contributed by atoms with Crippen molar-refractivity contribution in [3.05, 3.63) is 30.1 Å². The Morgan fingerprint density at radius 3 is 2.58 bits per heavy atom. The van der Waals surface area contributed by atoms with E-state index in [-0.39, 0.29) is 18.0 Å². The fraction of sp³-hybridized carbons (Fsp3) is 0.600. The molecule has 0 amide bonds.